The van der Waals surface area contributed by atoms with E-state index in [-0.39, 0.29) is 11.9 Å². The second-order valence-electron chi connectivity index (χ2n) is 9.20. The number of hydrogen-bond acceptors (Lipinski definition) is 6. The lowest BCUT2D eigenvalue weighted by atomic mass is 9.91. The number of hydrogen-bond donors (Lipinski definition) is 2. The van der Waals surface area contributed by atoms with Gasteiger partial charge in [0.2, 0.25) is 0 Å². The lowest BCUT2D eigenvalue weighted by Crippen LogP contribution is -2.50. The van der Waals surface area contributed by atoms with Crippen LogP contribution >= 0.6 is 11.6 Å². The van der Waals surface area contributed by atoms with Crippen LogP contribution in [0.15, 0.2) is 54.4 Å². The van der Waals surface area contributed by atoms with Gasteiger partial charge in [-0.25, -0.2) is 9.78 Å². The number of likely N-dealkylation sites (tertiary alicyclic amines) is 1. The quantitative estimate of drug-likeness (QED) is 0.678. The van der Waals surface area contributed by atoms with Crippen LogP contribution < -0.4 is 15.7 Å². The summed E-state index contributed by atoms with van der Waals surface area (Å²) in [6.45, 7) is 5.56. The number of hydroxylamine groups is 1. The molecule has 0 radical (unpaired) electrons. The normalized spacial score (nSPS) is 19.4. The topological polar surface area (TPSA) is 90.0 Å². The molecule has 3 aliphatic rings. The van der Waals surface area contributed by atoms with Crippen LogP contribution in [-0.4, -0.2) is 71.6 Å². The van der Waals surface area contributed by atoms with Gasteiger partial charge in [0.25, 0.3) is 5.91 Å². The van der Waals surface area contributed by atoms with Crippen LogP contribution in [0.25, 0.3) is 0 Å². The van der Waals surface area contributed by atoms with E-state index in [1.165, 1.54) is 0 Å². The van der Waals surface area contributed by atoms with Crippen LogP contribution in [0.1, 0.15) is 18.4 Å². The molecule has 0 unspecified atom stereocenters. The first-order valence-electron chi connectivity index (χ1n) is 11.9. The maximum absolute atomic E-state index is 13.1. The largest absolute Gasteiger partial charge is 0.352 e. The first-order chi connectivity index (χ1) is 16.9. The summed E-state index contributed by atoms with van der Waals surface area (Å²) in [5, 5.41) is 3.56. The van der Waals surface area contributed by atoms with Gasteiger partial charge in [0.15, 0.2) is 0 Å². The van der Waals surface area contributed by atoms with E-state index >= 15 is 0 Å². The number of carbonyl (C=O) groups is 2. The van der Waals surface area contributed by atoms with Crippen molar-refractivity contribution in [1.29, 1.82) is 0 Å². The fourth-order valence-corrected chi connectivity index (χ4v) is 4.90. The Labute approximate surface area is 209 Å². The number of carbonyl (C=O) groups excluding carboxylic acids is 2. The summed E-state index contributed by atoms with van der Waals surface area (Å²) in [5.41, 5.74) is 4.67. The van der Waals surface area contributed by atoms with Crippen molar-refractivity contribution < 1.29 is 14.4 Å². The number of amides is 3. The number of nitrogens with one attached hydrogen (secondary N) is 2. The molecule has 3 aliphatic heterocycles. The minimum atomic E-state index is -0.574. The van der Waals surface area contributed by atoms with Crippen LogP contribution in [-0.2, 0) is 9.63 Å². The highest BCUT2D eigenvalue weighted by Gasteiger charge is 2.42. The number of aromatic nitrogens is 1. The third-order valence-corrected chi connectivity index (χ3v) is 7.10. The van der Waals surface area contributed by atoms with Crippen molar-refractivity contribution in [2.45, 2.75) is 25.4 Å². The molecule has 2 fully saturated rings. The average Bonchev–Trinajstić information content (AvgIpc) is 3.29. The summed E-state index contributed by atoms with van der Waals surface area (Å²) in [5.74, 6) is 0.674. The van der Waals surface area contributed by atoms with Gasteiger partial charge in [-0.15, -0.1) is 0 Å². The van der Waals surface area contributed by atoms with Crippen LogP contribution in [0.4, 0.5) is 16.3 Å². The first kappa shape index (κ1) is 23.4. The molecule has 1 aromatic heterocycles. The second-order valence-corrected chi connectivity index (χ2v) is 9.61. The van der Waals surface area contributed by atoms with Gasteiger partial charge in [0, 0.05) is 64.0 Å². The number of anilines is 2. The number of piperazine rings is 1. The van der Waals surface area contributed by atoms with Crippen molar-refractivity contribution in [3.63, 3.8) is 0 Å². The predicted molar refractivity (Wildman–Crippen MR) is 134 cm³/mol. The van der Waals surface area contributed by atoms with E-state index in [0.717, 1.165) is 17.1 Å². The summed E-state index contributed by atoms with van der Waals surface area (Å²) in [4.78, 5) is 41.7. The minimum absolute atomic E-state index is 0.0758. The van der Waals surface area contributed by atoms with Crippen LogP contribution in [0.3, 0.4) is 0 Å². The summed E-state index contributed by atoms with van der Waals surface area (Å²) < 4.78 is 0. The van der Waals surface area contributed by atoms with E-state index in [4.69, 9.17) is 16.4 Å². The van der Waals surface area contributed by atoms with E-state index < -0.39 is 5.60 Å². The predicted octanol–water partition coefficient (Wildman–Crippen LogP) is 3.18. The second kappa shape index (κ2) is 9.75. The molecule has 2 N–H and O–H groups in total. The van der Waals surface area contributed by atoms with E-state index in [0.29, 0.717) is 62.8 Å². The van der Waals surface area contributed by atoms with Crippen molar-refractivity contribution in [3.8, 4) is 0 Å². The highest BCUT2D eigenvalue weighted by atomic mass is 35.5. The maximum atomic E-state index is 13.1. The monoisotopic (exact) mass is 496 g/mol. The number of urea groups is 1. The highest BCUT2D eigenvalue weighted by molar-refractivity contribution is 6.32. The molecule has 1 aromatic carbocycles. The van der Waals surface area contributed by atoms with Gasteiger partial charge in [-0.05, 0) is 37.3 Å². The Kier molecular flexibility index (Phi) is 6.53. The number of pyridine rings is 1. The van der Waals surface area contributed by atoms with Gasteiger partial charge < -0.3 is 20.0 Å². The molecule has 35 heavy (non-hydrogen) atoms. The minimum Gasteiger partial charge on any atom is -0.352 e. The van der Waals surface area contributed by atoms with E-state index in [1.54, 1.807) is 17.2 Å². The smallest absolute Gasteiger partial charge is 0.321 e. The fourth-order valence-electron chi connectivity index (χ4n) is 4.66. The molecule has 2 saturated heterocycles. The van der Waals surface area contributed by atoms with Crippen LogP contribution in [0.2, 0.25) is 5.02 Å². The number of nitrogens with zero attached hydrogens (tertiary/aromatic N) is 4. The van der Waals surface area contributed by atoms with Gasteiger partial charge in [0.05, 0.1) is 5.02 Å². The molecule has 0 bridgehead atoms. The Morgan fingerprint density at radius 1 is 1.03 bits per heavy atom. The Bertz CT molecular complexity index is 1120. The Morgan fingerprint density at radius 3 is 2.43 bits per heavy atom. The van der Waals surface area contributed by atoms with Crippen molar-refractivity contribution in [3.05, 3.63) is 65.0 Å². The lowest BCUT2D eigenvalue weighted by Gasteiger charge is -2.36. The molecule has 2 aromatic rings. The van der Waals surface area contributed by atoms with Crippen LogP contribution in [0, 0.1) is 6.92 Å². The number of aryl methyl sites for hydroxylation is 1. The summed E-state index contributed by atoms with van der Waals surface area (Å²) in [6, 6.07) is 11.2. The van der Waals surface area contributed by atoms with Gasteiger partial charge in [-0.2, -0.15) is 0 Å². The van der Waals surface area contributed by atoms with Crippen LogP contribution in [0.5, 0.6) is 0 Å². The number of rotatable bonds is 3. The highest BCUT2D eigenvalue weighted by Crippen LogP contribution is 2.33. The van der Waals surface area contributed by atoms with Gasteiger partial charge in [0.1, 0.15) is 17.1 Å². The molecule has 0 aliphatic carbocycles. The van der Waals surface area contributed by atoms with Gasteiger partial charge >= 0.3 is 6.03 Å². The zero-order chi connectivity index (χ0) is 24.4. The SMILES string of the molecule is Cc1ccc(NC(=O)N2CCC3(C=C(C(=O)N4CCN(c5ncccc5Cl)CC4)NO3)CC2)cc1. The number of benzene rings is 1. The summed E-state index contributed by atoms with van der Waals surface area (Å²) in [7, 11) is 0. The molecule has 10 heteroatoms. The summed E-state index contributed by atoms with van der Waals surface area (Å²) in [6.07, 6.45) is 4.85. The lowest BCUT2D eigenvalue weighted by molar-refractivity contribution is -0.129. The Hall–Kier alpha value is -3.30. The summed E-state index contributed by atoms with van der Waals surface area (Å²) >= 11 is 6.27. The van der Waals surface area contributed by atoms with Crippen molar-refractivity contribution in [1.82, 2.24) is 20.3 Å². The molecule has 3 amide bonds. The molecule has 0 atom stereocenters. The number of piperidine rings is 1. The molecular weight excluding hydrogens is 468 g/mol. The van der Waals surface area contributed by atoms with E-state index in [1.807, 2.05) is 48.2 Å². The third kappa shape index (κ3) is 5.06. The zero-order valence-corrected chi connectivity index (χ0v) is 20.4. The molecule has 1 spiro atoms. The number of halogens is 1. The Balaban J connectivity index is 1.14. The molecule has 5 rings (SSSR count). The molecule has 0 saturated carbocycles. The van der Waals surface area contributed by atoms with E-state index in [2.05, 4.69) is 20.7 Å². The van der Waals surface area contributed by atoms with Crippen molar-refractivity contribution >= 4 is 35.0 Å². The van der Waals surface area contributed by atoms with Crippen molar-refractivity contribution in [2.24, 2.45) is 0 Å². The van der Waals surface area contributed by atoms with Gasteiger partial charge in [-0.3, -0.25) is 15.1 Å². The van der Waals surface area contributed by atoms with Gasteiger partial charge in [-0.1, -0.05) is 29.3 Å². The average molecular weight is 497 g/mol. The molecule has 4 heterocycles. The maximum Gasteiger partial charge on any atom is 0.321 e. The standard InChI is InChI=1S/C25H29ClN6O3/c1-18-4-6-19(7-5-18)28-24(34)32-11-8-25(9-12-32)17-21(29-35-25)23(33)31-15-13-30(14-16-31)22-20(26)3-2-10-27-22/h2-7,10,17,29H,8-9,11-16H2,1H3,(H,28,34). The molecule has 184 valence electrons. The van der Waals surface area contributed by atoms with Crippen molar-refractivity contribution in [2.75, 3.05) is 49.5 Å². The first-order valence-corrected chi connectivity index (χ1v) is 12.2. The fraction of sp³-hybridized carbons (Fsp3) is 0.400. The zero-order valence-electron chi connectivity index (χ0n) is 19.7. The molecule has 9 nitrogen and oxygen atoms in total. The molecular formula is C25H29ClN6O3. The van der Waals surface area contributed by atoms with E-state index in [9.17, 15) is 9.59 Å². The third-order valence-electron chi connectivity index (χ3n) is 6.81. The Morgan fingerprint density at radius 2 is 1.74 bits per heavy atom.